The second-order valence-corrected chi connectivity index (χ2v) is 13.1. The molecule has 254 valence electrons. The second-order valence-electron chi connectivity index (χ2n) is 13.1. The average molecular weight is 691 g/mol. The number of pyridine rings is 1. The summed E-state index contributed by atoms with van der Waals surface area (Å²) < 4.78 is 0. The van der Waals surface area contributed by atoms with Gasteiger partial charge in [-0.05, 0) is 57.6 Å². The van der Waals surface area contributed by atoms with Crippen LogP contribution < -0.4 is 0 Å². The molecule has 0 radical (unpaired) electrons. The van der Waals surface area contributed by atoms with Gasteiger partial charge in [0.2, 0.25) is 0 Å². The summed E-state index contributed by atoms with van der Waals surface area (Å²) >= 11 is 0. The molecule has 0 fully saturated rings. The molecule has 0 bridgehead atoms. The summed E-state index contributed by atoms with van der Waals surface area (Å²) in [6.07, 6.45) is 0. The van der Waals surface area contributed by atoms with Crippen LogP contribution in [0.2, 0.25) is 0 Å². The van der Waals surface area contributed by atoms with Crippen molar-refractivity contribution in [2.75, 3.05) is 0 Å². The van der Waals surface area contributed by atoms with Crippen LogP contribution in [-0.4, -0.2) is 19.9 Å². The molecule has 0 aliphatic rings. The van der Waals surface area contributed by atoms with Crippen molar-refractivity contribution < 1.29 is 0 Å². The van der Waals surface area contributed by atoms with E-state index in [1.807, 2.05) is 78.9 Å². The van der Waals surface area contributed by atoms with Gasteiger partial charge in [-0.2, -0.15) is 0 Å². The molecule has 9 aromatic rings. The maximum absolute atomic E-state index is 5.41. The predicted octanol–water partition coefficient (Wildman–Crippen LogP) is 12.6. The Balaban J connectivity index is 1.27. The molecule has 7 aromatic carbocycles. The number of benzene rings is 7. The normalized spacial score (nSPS) is 11.0. The summed E-state index contributed by atoms with van der Waals surface area (Å²) in [6, 6.07) is 71.1. The van der Waals surface area contributed by atoms with Crippen LogP contribution >= 0.6 is 0 Å². The molecule has 0 spiro atoms. The monoisotopic (exact) mass is 690 g/mol. The van der Waals surface area contributed by atoms with E-state index in [0.717, 1.165) is 67.0 Å². The summed E-state index contributed by atoms with van der Waals surface area (Å²) in [5.74, 6) is 1.81. The standard InChI is InChI=1S/C50H34N4/c1-6-16-35(17-7-1)38-26-28-39(29-27-38)46-33-43(37-20-10-3-11-21-37)34-47(51-46)45-32-42(36-18-8-2-9-19-36)30-31-44(45)50-53-48(40-22-12-4-13-23-40)52-49(54-50)41-24-14-5-15-25-41/h1-34H. The van der Waals surface area contributed by atoms with Gasteiger partial charge in [-0.15, -0.1) is 0 Å². The van der Waals surface area contributed by atoms with Gasteiger partial charge in [-0.1, -0.05) is 182 Å². The smallest absolute Gasteiger partial charge is 0.164 e. The van der Waals surface area contributed by atoms with E-state index in [1.165, 1.54) is 5.56 Å². The quantitative estimate of drug-likeness (QED) is 0.159. The van der Waals surface area contributed by atoms with Crippen LogP contribution in [0, 0.1) is 0 Å². The molecule has 0 unspecified atom stereocenters. The first-order valence-corrected chi connectivity index (χ1v) is 18.1. The zero-order valence-corrected chi connectivity index (χ0v) is 29.4. The zero-order chi connectivity index (χ0) is 36.1. The van der Waals surface area contributed by atoms with Crippen molar-refractivity contribution in [3.63, 3.8) is 0 Å². The van der Waals surface area contributed by atoms with E-state index in [9.17, 15) is 0 Å². The number of aromatic nitrogens is 4. The Bertz CT molecular complexity index is 2600. The highest BCUT2D eigenvalue weighted by molar-refractivity contribution is 5.87. The lowest BCUT2D eigenvalue weighted by Gasteiger charge is -2.16. The highest BCUT2D eigenvalue weighted by Gasteiger charge is 2.19. The fourth-order valence-corrected chi connectivity index (χ4v) is 6.77. The van der Waals surface area contributed by atoms with Gasteiger partial charge in [0.05, 0.1) is 11.4 Å². The van der Waals surface area contributed by atoms with Crippen molar-refractivity contribution in [2.24, 2.45) is 0 Å². The van der Waals surface area contributed by atoms with E-state index in [1.54, 1.807) is 0 Å². The van der Waals surface area contributed by atoms with Gasteiger partial charge >= 0.3 is 0 Å². The molecule has 0 atom stereocenters. The molecule has 9 rings (SSSR count). The summed E-state index contributed by atoms with van der Waals surface area (Å²) in [7, 11) is 0. The van der Waals surface area contributed by atoms with Crippen molar-refractivity contribution in [3.8, 4) is 90.1 Å². The fraction of sp³-hybridized carbons (Fsp3) is 0. The lowest BCUT2D eigenvalue weighted by molar-refractivity contribution is 1.07. The van der Waals surface area contributed by atoms with Crippen molar-refractivity contribution in [1.82, 2.24) is 19.9 Å². The van der Waals surface area contributed by atoms with Gasteiger partial charge in [0.1, 0.15) is 0 Å². The Hall–Kier alpha value is -7.30. The first kappa shape index (κ1) is 32.6. The van der Waals surface area contributed by atoms with Crippen molar-refractivity contribution >= 4 is 0 Å². The van der Waals surface area contributed by atoms with Crippen molar-refractivity contribution in [3.05, 3.63) is 206 Å². The molecule has 54 heavy (non-hydrogen) atoms. The van der Waals surface area contributed by atoms with Crippen molar-refractivity contribution in [1.29, 1.82) is 0 Å². The molecule has 0 saturated heterocycles. The highest BCUT2D eigenvalue weighted by Crippen LogP contribution is 2.38. The van der Waals surface area contributed by atoms with Crippen LogP contribution in [0.5, 0.6) is 0 Å². The molecule has 0 aliphatic heterocycles. The minimum Gasteiger partial charge on any atom is -0.248 e. The maximum Gasteiger partial charge on any atom is 0.164 e. The highest BCUT2D eigenvalue weighted by atomic mass is 15.0. The Labute approximate surface area is 315 Å². The SMILES string of the molecule is c1ccc(-c2ccc(-c3cc(-c4ccccc4)cc(-c4cc(-c5ccccc5)ccc4-c4nc(-c5ccccc5)nc(-c5ccccc5)n4)n3)cc2)cc1. The predicted molar refractivity (Wildman–Crippen MR) is 221 cm³/mol. The molecule has 2 heterocycles. The van der Waals surface area contributed by atoms with Gasteiger partial charge in [0.25, 0.3) is 0 Å². The van der Waals surface area contributed by atoms with E-state index in [-0.39, 0.29) is 0 Å². The zero-order valence-electron chi connectivity index (χ0n) is 29.4. The third-order valence-corrected chi connectivity index (χ3v) is 9.56. The molecular weight excluding hydrogens is 657 g/mol. The fourth-order valence-electron chi connectivity index (χ4n) is 6.77. The van der Waals surface area contributed by atoms with Gasteiger partial charge in [0.15, 0.2) is 17.5 Å². The second kappa shape index (κ2) is 14.7. The number of hydrogen-bond acceptors (Lipinski definition) is 4. The van der Waals surface area contributed by atoms with Crippen molar-refractivity contribution in [2.45, 2.75) is 0 Å². The van der Waals surface area contributed by atoms with Crippen LogP contribution in [0.1, 0.15) is 0 Å². The summed E-state index contributed by atoms with van der Waals surface area (Å²) in [5.41, 5.74) is 13.1. The number of nitrogens with zero attached hydrogens (tertiary/aromatic N) is 4. The average Bonchev–Trinajstić information content (AvgIpc) is 3.27. The van der Waals surface area contributed by atoms with E-state index in [2.05, 4.69) is 127 Å². The third-order valence-electron chi connectivity index (χ3n) is 9.56. The van der Waals surface area contributed by atoms with E-state index in [0.29, 0.717) is 17.5 Å². The molecule has 0 aliphatic carbocycles. The summed E-state index contributed by atoms with van der Waals surface area (Å²) in [6.45, 7) is 0. The lowest BCUT2D eigenvalue weighted by Crippen LogP contribution is -2.02. The Morgan fingerprint density at radius 2 is 0.574 bits per heavy atom. The number of rotatable bonds is 8. The van der Waals surface area contributed by atoms with Crippen LogP contribution in [0.4, 0.5) is 0 Å². The van der Waals surface area contributed by atoms with Gasteiger partial charge in [0, 0.05) is 27.8 Å². The van der Waals surface area contributed by atoms with E-state index in [4.69, 9.17) is 19.9 Å². The summed E-state index contributed by atoms with van der Waals surface area (Å²) in [4.78, 5) is 20.7. The first-order valence-electron chi connectivity index (χ1n) is 18.1. The molecule has 2 aromatic heterocycles. The van der Waals surface area contributed by atoms with Crippen LogP contribution in [0.3, 0.4) is 0 Å². The molecular formula is C50H34N4. The minimum atomic E-state index is 0.581. The van der Waals surface area contributed by atoms with E-state index >= 15 is 0 Å². The lowest BCUT2D eigenvalue weighted by atomic mass is 9.94. The first-order chi connectivity index (χ1) is 26.7. The van der Waals surface area contributed by atoms with Crippen LogP contribution in [0.25, 0.3) is 90.1 Å². The summed E-state index contributed by atoms with van der Waals surface area (Å²) in [5, 5.41) is 0. The maximum atomic E-state index is 5.41. The van der Waals surface area contributed by atoms with Gasteiger partial charge < -0.3 is 0 Å². The van der Waals surface area contributed by atoms with Gasteiger partial charge in [-0.3, -0.25) is 0 Å². The largest absolute Gasteiger partial charge is 0.248 e. The van der Waals surface area contributed by atoms with Gasteiger partial charge in [-0.25, -0.2) is 19.9 Å². The topological polar surface area (TPSA) is 51.6 Å². The minimum absolute atomic E-state index is 0.581. The van der Waals surface area contributed by atoms with Crippen LogP contribution in [-0.2, 0) is 0 Å². The molecule has 4 nitrogen and oxygen atoms in total. The Kier molecular flexibility index (Phi) is 8.90. The van der Waals surface area contributed by atoms with E-state index < -0.39 is 0 Å². The molecule has 0 amide bonds. The Morgan fingerprint density at radius 3 is 1.09 bits per heavy atom. The Morgan fingerprint density at radius 1 is 0.204 bits per heavy atom. The molecule has 4 heteroatoms. The molecule has 0 N–H and O–H groups in total. The number of hydrogen-bond donors (Lipinski definition) is 0. The van der Waals surface area contributed by atoms with Crippen LogP contribution in [0.15, 0.2) is 206 Å². The molecule has 0 saturated carbocycles. The third kappa shape index (κ3) is 6.84.